The van der Waals surface area contributed by atoms with Crippen LogP contribution in [-0.4, -0.2) is 56.6 Å². The third-order valence-corrected chi connectivity index (χ3v) is 6.42. The first-order valence-electron chi connectivity index (χ1n) is 12.3. The molecule has 2 aliphatic rings. The molecule has 0 saturated heterocycles. The van der Waals surface area contributed by atoms with E-state index in [1.807, 2.05) is 6.07 Å². The SMILES string of the molecule is NC(=O)c1ccc(OCCNC[C@H](O)COc2ccc3c(c2)CC[C@@H](COCC2CC2)C3)cc1. The van der Waals surface area contributed by atoms with E-state index in [0.29, 0.717) is 36.9 Å². The van der Waals surface area contributed by atoms with Crippen molar-refractivity contribution in [3.05, 3.63) is 59.2 Å². The van der Waals surface area contributed by atoms with Crippen LogP contribution in [0.1, 0.15) is 40.7 Å². The third-order valence-electron chi connectivity index (χ3n) is 6.42. The molecule has 0 heterocycles. The van der Waals surface area contributed by atoms with E-state index in [1.165, 1.54) is 24.0 Å². The molecule has 1 amide bonds. The number of hydrogen-bond acceptors (Lipinski definition) is 6. The van der Waals surface area contributed by atoms with Gasteiger partial charge < -0.3 is 30.4 Å². The Morgan fingerprint density at radius 1 is 1.00 bits per heavy atom. The summed E-state index contributed by atoms with van der Waals surface area (Å²) in [6, 6.07) is 13.0. The van der Waals surface area contributed by atoms with Gasteiger partial charge in [0, 0.05) is 31.9 Å². The lowest BCUT2D eigenvalue weighted by atomic mass is 9.84. The zero-order chi connectivity index (χ0) is 23.8. The van der Waals surface area contributed by atoms with Gasteiger partial charge in [-0.1, -0.05) is 6.07 Å². The van der Waals surface area contributed by atoms with Crippen LogP contribution in [0.5, 0.6) is 11.5 Å². The minimum atomic E-state index is -0.612. The number of nitrogens with two attached hydrogens (primary N) is 1. The summed E-state index contributed by atoms with van der Waals surface area (Å²) < 4.78 is 17.3. The van der Waals surface area contributed by atoms with E-state index in [0.717, 1.165) is 44.1 Å². The number of aliphatic hydroxyl groups is 1. The molecule has 2 aromatic rings. The van der Waals surface area contributed by atoms with Gasteiger partial charge in [0.15, 0.2) is 0 Å². The van der Waals surface area contributed by atoms with E-state index in [4.69, 9.17) is 19.9 Å². The molecule has 1 saturated carbocycles. The van der Waals surface area contributed by atoms with Gasteiger partial charge in [-0.05, 0) is 91.5 Å². The van der Waals surface area contributed by atoms with Gasteiger partial charge in [-0.3, -0.25) is 4.79 Å². The number of carbonyl (C=O) groups is 1. The first-order chi connectivity index (χ1) is 16.6. The van der Waals surface area contributed by atoms with Gasteiger partial charge in [-0.15, -0.1) is 0 Å². The number of ether oxygens (including phenoxy) is 3. The Labute approximate surface area is 201 Å². The highest BCUT2D eigenvalue weighted by molar-refractivity contribution is 5.92. The molecule has 34 heavy (non-hydrogen) atoms. The number of rotatable bonds is 14. The lowest BCUT2D eigenvalue weighted by Gasteiger charge is -2.25. The highest BCUT2D eigenvalue weighted by Gasteiger charge is 2.23. The van der Waals surface area contributed by atoms with Crippen LogP contribution in [0.3, 0.4) is 0 Å². The largest absolute Gasteiger partial charge is 0.492 e. The number of hydrogen-bond donors (Lipinski definition) is 3. The highest BCUT2D eigenvalue weighted by Crippen LogP contribution is 2.31. The van der Waals surface area contributed by atoms with Crippen molar-refractivity contribution in [2.75, 3.05) is 39.5 Å². The van der Waals surface area contributed by atoms with Crippen LogP contribution in [0.15, 0.2) is 42.5 Å². The first kappa shape index (κ1) is 24.5. The zero-order valence-electron chi connectivity index (χ0n) is 19.7. The Balaban J connectivity index is 1.09. The number of aryl methyl sites for hydroxylation is 1. The molecule has 2 aromatic carbocycles. The maximum absolute atomic E-state index is 11.1. The van der Waals surface area contributed by atoms with E-state index in [-0.39, 0.29) is 6.61 Å². The molecule has 7 nitrogen and oxygen atoms in total. The van der Waals surface area contributed by atoms with Crippen LogP contribution < -0.4 is 20.5 Å². The fraction of sp³-hybridized carbons (Fsp3) is 0.519. The summed E-state index contributed by atoms with van der Waals surface area (Å²) in [5.74, 6) is 2.45. The Morgan fingerprint density at radius 3 is 2.53 bits per heavy atom. The maximum atomic E-state index is 11.1. The van der Waals surface area contributed by atoms with Gasteiger partial charge in [0.1, 0.15) is 30.8 Å². The fourth-order valence-corrected chi connectivity index (χ4v) is 4.20. The normalized spacial score (nSPS) is 18.2. The first-order valence-corrected chi connectivity index (χ1v) is 12.3. The molecule has 4 N–H and O–H groups in total. The lowest BCUT2D eigenvalue weighted by molar-refractivity contribution is 0.0864. The second kappa shape index (κ2) is 12.2. The van der Waals surface area contributed by atoms with Crippen LogP contribution in [0.2, 0.25) is 0 Å². The quantitative estimate of drug-likeness (QED) is 0.369. The topological polar surface area (TPSA) is 103 Å². The molecule has 2 aliphatic carbocycles. The summed E-state index contributed by atoms with van der Waals surface area (Å²) >= 11 is 0. The van der Waals surface area contributed by atoms with Crippen LogP contribution >= 0.6 is 0 Å². The molecule has 4 rings (SSSR count). The Hall–Kier alpha value is -2.61. The van der Waals surface area contributed by atoms with Crippen LogP contribution in [-0.2, 0) is 17.6 Å². The summed E-state index contributed by atoms with van der Waals surface area (Å²) in [5, 5.41) is 13.4. The molecule has 2 atom stereocenters. The summed E-state index contributed by atoms with van der Waals surface area (Å²) in [4.78, 5) is 11.1. The molecule has 0 unspecified atom stereocenters. The number of carbonyl (C=O) groups excluding carboxylic acids is 1. The molecule has 184 valence electrons. The van der Waals surface area contributed by atoms with Crippen molar-refractivity contribution in [2.24, 2.45) is 17.6 Å². The molecule has 0 radical (unpaired) electrons. The van der Waals surface area contributed by atoms with Crippen molar-refractivity contribution in [1.82, 2.24) is 5.32 Å². The summed E-state index contributed by atoms with van der Waals surface area (Å²) in [6.07, 6.45) is 5.35. The van der Waals surface area contributed by atoms with Gasteiger partial charge in [0.2, 0.25) is 5.91 Å². The van der Waals surface area contributed by atoms with E-state index in [9.17, 15) is 9.90 Å². The van der Waals surface area contributed by atoms with Gasteiger partial charge in [0.05, 0.1) is 0 Å². The molecular weight excluding hydrogens is 432 g/mol. The second-order valence-corrected chi connectivity index (χ2v) is 9.43. The number of aliphatic hydroxyl groups excluding tert-OH is 1. The van der Waals surface area contributed by atoms with Crippen molar-refractivity contribution in [3.63, 3.8) is 0 Å². The van der Waals surface area contributed by atoms with Crippen molar-refractivity contribution < 1.29 is 24.1 Å². The minimum Gasteiger partial charge on any atom is -0.492 e. The molecule has 0 aromatic heterocycles. The average molecular weight is 469 g/mol. The summed E-state index contributed by atoms with van der Waals surface area (Å²) in [7, 11) is 0. The van der Waals surface area contributed by atoms with Crippen molar-refractivity contribution >= 4 is 5.91 Å². The van der Waals surface area contributed by atoms with Gasteiger partial charge >= 0.3 is 0 Å². The van der Waals surface area contributed by atoms with Crippen molar-refractivity contribution in [2.45, 2.75) is 38.2 Å². The monoisotopic (exact) mass is 468 g/mol. The van der Waals surface area contributed by atoms with Crippen molar-refractivity contribution in [3.8, 4) is 11.5 Å². The maximum Gasteiger partial charge on any atom is 0.248 e. The molecule has 0 spiro atoms. The van der Waals surface area contributed by atoms with Gasteiger partial charge in [0.25, 0.3) is 0 Å². The number of nitrogens with one attached hydrogen (secondary N) is 1. The van der Waals surface area contributed by atoms with Crippen LogP contribution in [0.4, 0.5) is 0 Å². The van der Waals surface area contributed by atoms with E-state index in [1.54, 1.807) is 24.3 Å². The number of amides is 1. The number of fused-ring (bicyclic) bond motifs is 1. The smallest absolute Gasteiger partial charge is 0.248 e. The third kappa shape index (κ3) is 7.72. The fourth-order valence-electron chi connectivity index (χ4n) is 4.20. The van der Waals surface area contributed by atoms with E-state index in [2.05, 4.69) is 17.4 Å². The Bertz CT molecular complexity index is 929. The molecule has 0 bridgehead atoms. The van der Waals surface area contributed by atoms with Crippen LogP contribution in [0, 0.1) is 11.8 Å². The number of primary amides is 1. The van der Waals surface area contributed by atoms with E-state index >= 15 is 0 Å². The van der Waals surface area contributed by atoms with Gasteiger partial charge in [-0.25, -0.2) is 0 Å². The molecule has 7 heteroatoms. The molecule has 0 aliphatic heterocycles. The Kier molecular flexibility index (Phi) is 8.79. The molecular formula is C27H36N2O5. The average Bonchev–Trinajstić information content (AvgIpc) is 3.67. The lowest BCUT2D eigenvalue weighted by Crippen LogP contribution is -2.33. The Morgan fingerprint density at radius 2 is 1.76 bits per heavy atom. The predicted molar refractivity (Wildman–Crippen MR) is 130 cm³/mol. The molecule has 1 fully saturated rings. The second-order valence-electron chi connectivity index (χ2n) is 9.43. The van der Waals surface area contributed by atoms with Gasteiger partial charge in [-0.2, -0.15) is 0 Å². The minimum absolute atomic E-state index is 0.235. The highest BCUT2D eigenvalue weighted by atomic mass is 16.5. The van der Waals surface area contributed by atoms with E-state index < -0.39 is 12.0 Å². The van der Waals surface area contributed by atoms with Crippen LogP contribution in [0.25, 0.3) is 0 Å². The summed E-state index contributed by atoms with van der Waals surface area (Å²) in [5.41, 5.74) is 8.42. The van der Waals surface area contributed by atoms with Crippen molar-refractivity contribution in [1.29, 1.82) is 0 Å². The zero-order valence-corrected chi connectivity index (χ0v) is 19.7. The summed E-state index contributed by atoms with van der Waals surface area (Å²) in [6.45, 7) is 3.49. The standard InChI is InChI=1S/C27H36N2O5/c28-27(31)21-5-8-25(9-6-21)33-12-11-29-15-24(30)18-34-26-10-7-22-13-20(3-4-23(22)14-26)17-32-16-19-1-2-19/h5-10,14,19-20,24,29-30H,1-4,11-13,15-18H2,(H2,28,31)/t20-,24+/m1/s1. The number of benzene rings is 2. The predicted octanol–water partition coefficient (Wildman–Crippen LogP) is 2.73.